The summed E-state index contributed by atoms with van der Waals surface area (Å²) < 4.78 is 56.6. The van der Waals surface area contributed by atoms with Gasteiger partial charge in [0.05, 0.1) is 12.4 Å². The van der Waals surface area contributed by atoms with Crippen LogP contribution in [0.2, 0.25) is 0 Å². The number of hydrogen-bond acceptors (Lipinski definition) is 10. The van der Waals surface area contributed by atoms with Crippen LogP contribution in [0.4, 0.5) is 4.79 Å². The van der Waals surface area contributed by atoms with E-state index in [-0.39, 0.29) is 17.2 Å². The zero-order valence-electron chi connectivity index (χ0n) is 14.5. The van der Waals surface area contributed by atoms with E-state index in [1.807, 2.05) is 0 Å². The molecule has 1 unspecified atom stereocenters. The van der Waals surface area contributed by atoms with E-state index in [9.17, 15) is 21.6 Å². The topological polar surface area (TPSA) is 146 Å². The maximum Gasteiger partial charge on any atom is 0.350 e. The molecule has 11 nitrogen and oxygen atoms in total. The molecule has 0 aliphatic carbocycles. The first kappa shape index (κ1) is 19.4. The molecule has 0 aromatic carbocycles. The van der Waals surface area contributed by atoms with Gasteiger partial charge in [0.2, 0.25) is 5.90 Å². The standard InChI is InChI=1S/C13H17N5O6S3/c1-7-4-11(24-3)15-18(14-7)16-13(19)17-27(22,23)10-6-25-9-5-8(2)26(20,21)12(9)10/h4,6,8,14H,5H2,1-3H3,(H2,16,17,19). The number of hydrazone groups is 1. The lowest BCUT2D eigenvalue weighted by molar-refractivity contribution is 0.138. The molecule has 3 rings (SSSR count). The molecule has 148 valence electrons. The van der Waals surface area contributed by atoms with Crippen LogP contribution in [0.3, 0.4) is 0 Å². The highest BCUT2D eigenvalue weighted by atomic mass is 32.2. The summed E-state index contributed by atoms with van der Waals surface area (Å²) in [5.41, 5.74) is 5.41. The number of allylic oxidation sites excluding steroid dienone is 1. The SMILES string of the molecule is COC1=NN(NC(=O)NS(=O)(=O)c2csc3c2S(=O)(=O)C(C)C3)NC(C)=C1. The van der Waals surface area contributed by atoms with Crippen molar-refractivity contribution in [2.24, 2.45) is 5.10 Å². The minimum atomic E-state index is -4.40. The minimum absolute atomic E-state index is 0.185. The molecule has 2 aliphatic heterocycles. The number of nitrogens with zero attached hydrogens (tertiary/aromatic N) is 2. The van der Waals surface area contributed by atoms with Crippen molar-refractivity contribution in [2.45, 2.75) is 35.3 Å². The fourth-order valence-electron chi connectivity index (χ4n) is 2.55. The predicted octanol–water partition coefficient (Wildman–Crippen LogP) is 0.0532. The summed E-state index contributed by atoms with van der Waals surface area (Å²) in [6, 6.07) is -1.13. The molecule has 0 saturated heterocycles. The highest BCUT2D eigenvalue weighted by Gasteiger charge is 2.41. The third-order valence-electron chi connectivity index (χ3n) is 3.83. The van der Waals surface area contributed by atoms with Crippen LogP contribution < -0.4 is 15.6 Å². The van der Waals surface area contributed by atoms with Crippen LogP contribution >= 0.6 is 11.3 Å². The van der Waals surface area contributed by atoms with Gasteiger partial charge in [0, 0.05) is 22.0 Å². The maximum atomic E-state index is 12.5. The molecule has 2 amide bonds. The van der Waals surface area contributed by atoms with Crippen LogP contribution in [0.5, 0.6) is 0 Å². The van der Waals surface area contributed by atoms with Crippen LogP contribution in [0.1, 0.15) is 18.7 Å². The van der Waals surface area contributed by atoms with Crippen molar-refractivity contribution < 1.29 is 26.4 Å². The lowest BCUT2D eigenvalue weighted by Crippen LogP contribution is -2.53. The average molecular weight is 436 g/mol. The Kier molecular flexibility index (Phi) is 4.81. The van der Waals surface area contributed by atoms with E-state index >= 15 is 0 Å². The minimum Gasteiger partial charge on any atom is -0.480 e. The van der Waals surface area contributed by atoms with Gasteiger partial charge in [0.15, 0.2) is 9.84 Å². The predicted molar refractivity (Wildman–Crippen MR) is 96.7 cm³/mol. The normalized spacial score (nSPS) is 20.9. The van der Waals surface area contributed by atoms with E-state index in [4.69, 9.17) is 4.74 Å². The fraction of sp³-hybridized carbons (Fsp3) is 0.385. The van der Waals surface area contributed by atoms with Crippen molar-refractivity contribution in [2.75, 3.05) is 7.11 Å². The molecular weight excluding hydrogens is 418 g/mol. The summed E-state index contributed by atoms with van der Waals surface area (Å²) in [4.78, 5) is 11.9. The molecule has 1 atom stereocenters. The summed E-state index contributed by atoms with van der Waals surface area (Å²) in [6.07, 6.45) is 1.81. The van der Waals surface area contributed by atoms with E-state index in [0.717, 1.165) is 16.6 Å². The van der Waals surface area contributed by atoms with Crippen molar-refractivity contribution in [3.8, 4) is 0 Å². The number of ether oxygens (including phenoxy) is 1. The van der Waals surface area contributed by atoms with Gasteiger partial charge in [0.1, 0.15) is 9.79 Å². The summed E-state index contributed by atoms with van der Waals surface area (Å²) in [5.74, 6) is 0.185. The summed E-state index contributed by atoms with van der Waals surface area (Å²) >= 11 is 1.04. The fourth-order valence-corrected chi connectivity index (χ4v) is 7.84. The van der Waals surface area contributed by atoms with Gasteiger partial charge < -0.3 is 4.74 Å². The number of carbonyl (C=O) groups excluding carboxylic acids is 1. The first-order chi connectivity index (χ1) is 12.5. The van der Waals surface area contributed by atoms with Gasteiger partial charge in [-0.25, -0.2) is 31.8 Å². The number of hydrogen-bond donors (Lipinski definition) is 3. The number of carbonyl (C=O) groups is 1. The molecule has 1 aromatic rings. The molecule has 0 bridgehead atoms. The highest BCUT2D eigenvalue weighted by Crippen LogP contribution is 2.40. The van der Waals surface area contributed by atoms with Crippen molar-refractivity contribution in [1.82, 2.24) is 20.8 Å². The van der Waals surface area contributed by atoms with Crippen LogP contribution in [0.15, 0.2) is 32.0 Å². The number of sulfone groups is 1. The molecule has 0 fully saturated rings. The second kappa shape index (κ2) is 6.69. The largest absolute Gasteiger partial charge is 0.480 e. The number of nitrogens with one attached hydrogen (secondary N) is 3. The quantitative estimate of drug-likeness (QED) is 0.604. The summed E-state index contributed by atoms with van der Waals surface area (Å²) in [5, 5.41) is 5.25. The van der Waals surface area contributed by atoms with Crippen LogP contribution in [0.25, 0.3) is 0 Å². The molecule has 0 spiro atoms. The van der Waals surface area contributed by atoms with Gasteiger partial charge >= 0.3 is 6.03 Å². The average Bonchev–Trinajstić information content (AvgIpc) is 3.06. The Morgan fingerprint density at radius 1 is 1.48 bits per heavy atom. The second-order valence-corrected chi connectivity index (χ2v) is 10.8. The van der Waals surface area contributed by atoms with Gasteiger partial charge in [-0.1, -0.05) is 5.10 Å². The smallest absolute Gasteiger partial charge is 0.350 e. The first-order valence-electron chi connectivity index (χ1n) is 7.60. The van der Waals surface area contributed by atoms with Gasteiger partial charge in [-0.05, 0) is 20.3 Å². The van der Waals surface area contributed by atoms with Crippen LogP contribution in [-0.2, 0) is 31.0 Å². The molecule has 27 heavy (non-hydrogen) atoms. The number of hydrazine groups is 2. The summed E-state index contributed by atoms with van der Waals surface area (Å²) in [6.45, 7) is 3.19. The Hall–Kier alpha value is -2.32. The number of urea groups is 1. The maximum absolute atomic E-state index is 12.5. The van der Waals surface area contributed by atoms with E-state index in [2.05, 4.69) is 16.0 Å². The van der Waals surface area contributed by atoms with Crippen LogP contribution in [0, 0.1) is 0 Å². The molecule has 14 heteroatoms. The third kappa shape index (κ3) is 3.59. The van der Waals surface area contributed by atoms with Crippen LogP contribution in [-0.4, -0.2) is 46.4 Å². The Labute approximate surface area is 160 Å². The molecule has 3 N–H and O–H groups in total. The molecular formula is C13H17N5O6S3. The number of thiophene rings is 1. The van der Waals surface area contributed by atoms with E-state index in [1.165, 1.54) is 19.4 Å². The second-order valence-electron chi connectivity index (χ2n) is 5.85. The highest BCUT2D eigenvalue weighted by molar-refractivity contribution is 7.94. The van der Waals surface area contributed by atoms with Crippen molar-refractivity contribution >= 4 is 43.1 Å². The van der Waals surface area contributed by atoms with Gasteiger partial charge in [-0.2, -0.15) is 0 Å². The number of fused-ring (bicyclic) bond motifs is 1. The Bertz CT molecular complexity index is 1060. The van der Waals surface area contributed by atoms with Gasteiger partial charge in [-0.15, -0.1) is 16.6 Å². The van der Waals surface area contributed by atoms with Crippen molar-refractivity contribution in [1.29, 1.82) is 0 Å². The lowest BCUT2D eigenvalue weighted by Gasteiger charge is -2.24. The van der Waals surface area contributed by atoms with Crippen molar-refractivity contribution in [3.63, 3.8) is 0 Å². The van der Waals surface area contributed by atoms with Gasteiger partial charge in [0.25, 0.3) is 10.0 Å². The van der Waals surface area contributed by atoms with E-state index in [1.54, 1.807) is 17.7 Å². The Morgan fingerprint density at radius 2 is 2.19 bits per heavy atom. The number of amides is 2. The number of methoxy groups -OCH3 is 1. The molecule has 2 aliphatic rings. The molecule has 0 saturated carbocycles. The number of rotatable bonds is 3. The number of sulfonamides is 1. The monoisotopic (exact) mass is 435 g/mol. The molecule has 3 heterocycles. The summed E-state index contributed by atoms with van der Waals surface area (Å²) in [7, 11) is -6.76. The van der Waals surface area contributed by atoms with E-state index in [0.29, 0.717) is 10.6 Å². The zero-order valence-corrected chi connectivity index (χ0v) is 17.0. The lowest BCUT2D eigenvalue weighted by atomic mass is 10.3. The zero-order chi connectivity index (χ0) is 20.0. The Morgan fingerprint density at radius 3 is 2.85 bits per heavy atom. The van der Waals surface area contributed by atoms with E-state index < -0.39 is 36.0 Å². The third-order valence-corrected chi connectivity index (χ3v) is 8.86. The molecule has 1 aromatic heterocycles. The van der Waals surface area contributed by atoms with Gasteiger partial charge in [-0.3, -0.25) is 5.43 Å². The van der Waals surface area contributed by atoms with Crippen molar-refractivity contribution in [3.05, 3.63) is 22.0 Å². The first-order valence-corrected chi connectivity index (χ1v) is 11.5. The Balaban J connectivity index is 1.78. The molecule has 0 radical (unpaired) electrons.